The Bertz CT molecular complexity index is 1250. The van der Waals surface area contributed by atoms with Gasteiger partial charge in [0.1, 0.15) is 23.4 Å². The van der Waals surface area contributed by atoms with E-state index in [-0.39, 0.29) is 17.2 Å². The van der Waals surface area contributed by atoms with Crippen molar-refractivity contribution in [2.75, 3.05) is 5.32 Å². The zero-order chi connectivity index (χ0) is 19.3. The van der Waals surface area contributed by atoms with Gasteiger partial charge in [0.15, 0.2) is 0 Å². The van der Waals surface area contributed by atoms with Crippen LogP contribution in [0, 0.1) is 11.6 Å². The quantitative estimate of drug-likeness (QED) is 0.488. The maximum Gasteiger partial charge on any atom is 0.288 e. The molecule has 138 valence electrons. The van der Waals surface area contributed by atoms with Gasteiger partial charge in [-0.05, 0) is 40.8 Å². The molecular formula is C18H11F2N7O. The number of aromatic amines is 1. The van der Waals surface area contributed by atoms with Crippen molar-refractivity contribution in [1.82, 2.24) is 30.4 Å². The molecule has 1 aliphatic heterocycles. The Morgan fingerprint density at radius 2 is 1.82 bits per heavy atom. The second kappa shape index (κ2) is 6.05. The molecule has 8 nitrogen and oxygen atoms in total. The second-order valence-corrected chi connectivity index (χ2v) is 6.19. The first-order valence-electron chi connectivity index (χ1n) is 8.31. The van der Waals surface area contributed by atoms with Gasteiger partial charge in [0.25, 0.3) is 5.56 Å². The fourth-order valence-electron chi connectivity index (χ4n) is 3.35. The van der Waals surface area contributed by atoms with Gasteiger partial charge < -0.3 is 5.32 Å². The second-order valence-electron chi connectivity index (χ2n) is 6.19. The molecule has 0 aliphatic carbocycles. The summed E-state index contributed by atoms with van der Waals surface area (Å²) in [5.74, 6) is -0.691. The van der Waals surface area contributed by atoms with Crippen LogP contribution in [0.4, 0.5) is 20.4 Å². The number of nitrogens with zero attached hydrogens (tertiary/aromatic N) is 5. The molecule has 0 saturated carbocycles. The van der Waals surface area contributed by atoms with Gasteiger partial charge in [-0.3, -0.25) is 4.79 Å². The van der Waals surface area contributed by atoms with Gasteiger partial charge in [-0.1, -0.05) is 23.3 Å². The SMILES string of the molecule is O=c1[nH]nc(-c2ccc(F)cc2)c2c1Nc1nnnn1[C@@H]2c1ccccc1F. The van der Waals surface area contributed by atoms with Crippen LogP contribution in [-0.2, 0) is 0 Å². The average Bonchev–Trinajstić information content (AvgIpc) is 3.17. The Morgan fingerprint density at radius 3 is 2.61 bits per heavy atom. The molecule has 1 aliphatic rings. The van der Waals surface area contributed by atoms with E-state index in [1.165, 1.54) is 35.0 Å². The highest BCUT2D eigenvalue weighted by molar-refractivity contribution is 5.75. The molecule has 10 heteroatoms. The minimum absolute atomic E-state index is 0.157. The van der Waals surface area contributed by atoms with Crippen LogP contribution in [0.2, 0.25) is 0 Å². The van der Waals surface area contributed by atoms with Crippen LogP contribution in [0.3, 0.4) is 0 Å². The van der Waals surface area contributed by atoms with E-state index < -0.39 is 23.2 Å². The predicted octanol–water partition coefficient (Wildman–Crippen LogP) is 2.40. The summed E-state index contributed by atoms with van der Waals surface area (Å²) in [6, 6.07) is 11.0. The first-order chi connectivity index (χ1) is 13.6. The highest BCUT2D eigenvalue weighted by Crippen LogP contribution is 2.41. The molecule has 0 radical (unpaired) electrons. The number of tetrazole rings is 1. The molecule has 0 spiro atoms. The summed E-state index contributed by atoms with van der Waals surface area (Å²) in [6.07, 6.45) is 0. The van der Waals surface area contributed by atoms with E-state index in [2.05, 4.69) is 31.0 Å². The molecule has 0 bridgehead atoms. The number of aromatic nitrogens is 6. The zero-order valence-electron chi connectivity index (χ0n) is 14.1. The summed E-state index contributed by atoms with van der Waals surface area (Å²) in [5.41, 5.74) is 1.22. The Kier molecular flexibility index (Phi) is 3.51. The zero-order valence-corrected chi connectivity index (χ0v) is 14.1. The largest absolute Gasteiger partial charge is 0.318 e. The number of hydrogen-bond donors (Lipinski definition) is 2. The van der Waals surface area contributed by atoms with E-state index in [0.29, 0.717) is 16.8 Å². The van der Waals surface area contributed by atoms with Crippen molar-refractivity contribution in [3.8, 4) is 11.3 Å². The highest BCUT2D eigenvalue weighted by atomic mass is 19.1. The van der Waals surface area contributed by atoms with Crippen molar-refractivity contribution in [2.24, 2.45) is 0 Å². The maximum absolute atomic E-state index is 14.7. The maximum atomic E-state index is 14.7. The molecule has 2 N–H and O–H groups in total. The fraction of sp³-hybridized carbons (Fsp3) is 0.0556. The van der Waals surface area contributed by atoms with Crippen molar-refractivity contribution in [3.05, 3.63) is 81.6 Å². The molecule has 2 aromatic heterocycles. The lowest BCUT2D eigenvalue weighted by atomic mass is 9.92. The smallest absolute Gasteiger partial charge is 0.288 e. The van der Waals surface area contributed by atoms with Gasteiger partial charge in [0.05, 0.1) is 5.69 Å². The monoisotopic (exact) mass is 379 g/mol. The summed E-state index contributed by atoms with van der Waals surface area (Å²) >= 11 is 0. The van der Waals surface area contributed by atoms with Crippen LogP contribution in [0.15, 0.2) is 53.3 Å². The number of anilines is 2. The summed E-state index contributed by atoms with van der Waals surface area (Å²) in [4.78, 5) is 12.5. The average molecular weight is 379 g/mol. The minimum atomic E-state index is -0.836. The first-order valence-corrected chi connectivity index (χ1v) is 8.31. The number of benzene rings is 2. The van der Waals surface area contributed by atoms with E-state index in [1.807, 2.05) is 0 Å². The normalized spacial score (nSPS) is 14.9. The molecule has 0 unspecified atom stereocenters. The Labute approximate surface area is 155 Å². The van der Waals surface area contributed by atoms with Gasteiger partial charge in [0, 0.05) is 16.7 Å². The first kappa shape index (κ1) is 16.2. The van der Waals surface area contributed by atoms with Crippen LogP contribution in [0.5, 0.6) is 0 Å². The molecule has 0 fully saturated rings. The third-order valence-electron chi connectivity index (χ3n) is 4.59. The Morgan fingerprint density at radius 1 is 1.04 bits per heavy atom. The standard InChI is InChI=1S/C18H11F2N7O/c19-10-7-5-9(6-8-10)14-13-15(17(28)23-22-14)21-18-24-25-26-27(18)16(13)11-3-1-2-4-12(11)20/h1-8,16H,(H,23,28)(H,21,24,26)/t16-/m1/s1. The van der Waals surface area contributed by atoms with E-state index in [1.54, 1.807) is 18.2 Å². The third-order valence-corrected chi connectivity index (χ3v) is 4.59. The van der Waals surface area contributed by atoms with Crippen molar-refractivity contribution < 1.29 is 8.78 Å². The fourth-order valence-corrected chi connectivity index (χ4v) is 3.35. The lowest BCUT2D eigenvalue weighted by molar-refractivity contribution is 0.527. The van der Waals surface area contributed by atoms with E-state index in [0.717, 1.165) is 0 Å². The lowest BCUT2D eigenvalue weighted by Crippen LogP contribution is -2.29. The number of fused-ring (bicyclic) bond motifs is 2. The summed E-state index contributed by atoms with van der Waals surface area (Å²) < 4.78 is 29.5. The van der Waals surface area contributed by atoms with Crippen LogP contribution < -0.4 is 10.9 Å². The molecule has 28 heavy (non-hydrogen) atoms. The summed E-state index contributed by atoms with van der Waals surface area (Å²) in [5, 5.41) is 20.9. The van der Waals surface area contributed by atoms with E-state index >= 15 is 0 Å². The summed E-state index contributed by atoms with van der Waals surface area (Å²) in [7, 11) is 0. The molecule has 1 atom stereocenters. The van der Waals surface area contributed by atoms with Crippen molar-refractivity contribution in [3.63, 3.8) is 0 Å². The van der Waals surface area contributed by atoms with Gasteiger partial charge in [-0.15, -0.1) is 0 Å². The molecule has 5 rings (SSSR count). The minimum Gasteiger partial charge on any atom is -0.318 e. The predicted molar refractivity (Wildman–Crippen MR) is 95.0 cm³/mol. The topological polar surface area (TPSA) is 101 Å². The van der Waals surface area contributed by atoms with Crippen LogP contribution >= 0.6 is 0 Å². The molecule has 4 aromatic rings. The highest BCUT2D eigenvalue weighted by Gasteiger charge is 2.35. The van der Waals surface area contributed by atoms with Gasteiger partial charge >= 0.3 is 0 Å². The van der Waals surface area contributed by atoms with Crippen LogP contribution in [-0.4, -0.2) is 30.4 Å². The van der Waals surface area contributed by atoms with Gasteiger partial charge in [-0.25, -0.2) is 13.9 Å². The van der Waals surface area contributed by atoms with Crippen LogP contribution in [0.25, 0.3) is 11.3 Å². The number of rotatable bonds is 2. The molecule has 0 amide bonds. The van der Waals surface area contributed by atoms with Crippen molar-refractivity contribution >= 4 is 11.6 Å². The van der Waals surface area contributed by atoms with Crippen LogP contribution in [0.1, 0.15) is 17.2 Å². The van der Waals surface area contributed by atoms with Crippen molar-refractivity contribution in [1.29, 1.82) is 0 Å². The molecule has 2 aromatic carbocycles. The Hall–Kier alpha value is -3.95. The lowest BCUT2D eigenvalue weighted by Gasteiger charge is -2.28. The van der Waals surface area contributed by atoms with E-state index in [4.69, 9.17) is 0 Å². The van der Waals surface area contributed by atoms with Gasteiger partial charge in [-0.2, -0.15) is 9.78 Å². The van der Waals surface area contributed by atoms with Crippen molar-refractivity contribution in [2.45, 2.75) is 6.04 Å². The Balaban J connectivity index is 1.84. The number of nitrogens with one attached hydrogen (secondary N) is 2. The molecule has 3 heterocycles. The summed E-state index contributed by atoms with van der Waals surface area (Å²) in [6.45, 7) is 0. The molecule has 0 saturated heterocycles. The van der Waals surface area contributed by atoms with Gasteiger partial charge in [0.2, 0.25) is 5.95 Å². The number of hydrogen-bond acceptors (Lipinski definition) is 6. The number of H-pyrrole nitrogens is 1. The third kappa shape index (κ3) is 2.38. The molecular weight excluding hydrogens is 368 g/mol. The van der Waals surface area contributed by atoms with E-state index in [9.17, 15) is 13.6 Å². The number of halogens is 2.